The lowest BCUT2D eigenvalue weighted by Crippen LogP contribution is -2.30. The molecule has 0 fully saturated rings. The first kappa shape index (κ1) is 15.5. The van der Waals surface area contributed by atoms with Crippen molar-refractivity contribution in [3.8, 4) is 5.75 Å². The molecule has 0 saturated heterocycles. The number of hydrogen-bond acceptors (Lipinski definition) is 4. The van der Waals surface area contributed by atoms with Crippen LogP contribution in [0.4, 0.5) is 5.69 Å². The summed E-state index contributed by atoms with van der Waals surface area (Å²) in [4.78, 5) is 22.0. The number of rotatable bonds is 7. The Morgan fingerprint density at radius 1 is 1.09 bits per heavy atom. The summed E-state index contributed by atoms with van der Waals surface area (Å²) >= 11 is 0. The molecular formula is C16H16N2O4. The van der Waals surface area contributed by atoms with Crippen molar-refractivity contribution in [1.29, 1.82) is 0 Å². The van der Waals surface area contributed by atoms with Crippen LogP contribution in [-0.4, -0.2) is 24.0 Å². The molecule has 2 aromatic carbocycles. The van der Waals surface area contributed by atoms with Gasteiger partial charge in [-0.25, -0.2) is 0 Å². The summed E-state index contributed by atoms with van der Waals surface area (Å²) in [5.74, 6) is -0.222. The Balaban J connectivity index is 1.77. The lowest BCUT2D eigenvalue weighted by Gasteiger charge is -2.07. The van der Waals surface area contributed by atoms with Gasteiger partial charge in [-0.15, -0.1) is 0 Å². The van der Waals surface area contributed by atoms with Gasteiger partial charge in [-0.05, 0) is 18.1 Å². The monoisotopic (exact) mass is 300 g/mol. The van der Waals surface area contributed by atoms with E-state index in [0.717, 1.165) is 12.0 Å². The number of nitrogens with zero attached hydrogens (tertiary/aromatic N) is 1. The summed E-state index contributed by atoms with van der Waals surface area (Å²) < 4.78 is 5.21. The molecule has 0 aliphatic carbocycles. The predicted octanol–water partition coefficient (Wildman–Crippen LogP) is 2.33. The number of hydrogen-bond donors (Lipinski definition) is 1. The lowest BCUT2D eigenvalue weighted by molar-refractivity contribution is -0.385. The molecule has 0 aliphatic heterocycles. The second kappa shape index (κ2) is 7.78. The van der Waals surface area contributed by atoms with Gasteiger partial charge >= 0.3 is 5.69 Å². The van der Waals surface area contributed by atoms with Gasteiger partial charge in [-0.2, -0.15) is 0 Å². The third kappa shape index (κ3) is 4.59. The number of amides is 1. The molecule has 22 heavy (non-hydrogen) atoms. The van der Waals surface area contributed by atoms with Crippen molar-refractivity contribution in [2.24, 2.45) is 0 Å². The van der Waals surface area contributed by atoms with Crippen LogP contribution in [-0.2, 0) is 11.2 Å². The first-order chi connectivity index (χ1) is 10.7. The van der Waals surface area contributed by atoms with E-state index in [0.29, 0.717) is 6.54 Å². The summed E-state index contributed by atoms with van der Waals surface area (Å²) in [5.41, 5.74) is 0.974. The molecule has 0 aromatic heterocycles. The third-order valence-electron chi connectivity index (χ3n) is 3.00. The normalized spacial score (nSPS) is 10.0. The van der Waals surface area contributed by atoms with Crippen LogP contribution in [0.2, 0.25) is 0 Å². The number of nitro benzene ring substituents is 1. The molecule has 2 rings (SSSR count). The van der Waals surface area contributed by atoms with Crippen LogP contribution >= 0.6 is 0 Å². The molecule has 6 nitrogen and oxygen atoms in total. The molecular weight excluding hydrogens is 284 g/mol. The van der Waals surface area contributed by atoms with Gasteiger partial charge in [0.15, 0.2) is 12.4 Å². The first-order valence-electron chi connectivity index (χ1n) is 6.83. The van der Waals surface area contributed by atoms with Crippen molar-refractivity contribution in [3.63, 3.8) is 0 Å². The van der Waals surface area contributed by atoms with Crippen LogP contribution in [0, 0.1) is 10.1 Å². The summed E-state index contributed by atoms with van der Waals surface area (Å²) in [6, 6.07) is 15.7. The van der Waals surface area contributed by atoms with E-state index in [1.54, 1.807) is 12.1 Å². The van der Waals surface area contributed by atoms with Crippen molar-refractivity contribution in [2.45, 2.75) is 6.42 Å². The van der Waals surface area contributed by atoms with Gasteiger partial charge in [0.1, 0.15) is 0 Å². The van der Waals surface area contributed by atoms with Crippen molar-refractivity contribution >= 4 is 11.6 Å². The average molecular weight is 300 g/mol. The van der Waals surface area contributed by atoms with Gasteiger partial charge in [0.25, 0.3) is 5.91 Å². The van der Waals surface area contributed by atoms with Crippen LogP contribution in [0.15, 0.2) is 54.6 Å². The minimum Gasteiger partial charge on any atom is -0.477 e. The zero-order chi connectivity index (χ0) is 15.8. The molecule has 0 spiro atoms. The molecule has 0 heterocycles. The summed E-state index contributed by atoms with van der Waals surface area (Å²) in [5, 5.41) is 13.5. The Morgan fingerprint density at radius 2 is 1.77 bits per heavy atom. The fraction of sp³-hybridized carbons (Fsp3) is 0.188. The number of carbonyl (C=O) groups excluding carboxylic acids is 1. The Morgan fingerprint density at radius 3 is 2.50 bits per heavy atom. The van der Waals surface area contributed by atoms with E-state index in [2.05, 4.69) is 5.32 Å². The highest BCUT2D eigenvalue weighted by molar-refractivity contribution is 5.77. The number of para-hydroxylation sites is 2. The molecule has 0 saturated carbocycles. The van der Waals surface area contributed by atoms with Gasteiger partial charge in [0.2, 0.25) is 0 Å². The molecule has 114 valence electrons. The maximum atomic E-state index is 11.7. The van der Waals surface area contributed by atoms with Crippen molar-refractivity contribution < 1.29 is 14.5 Å². The van der Waals surface area contributed by atoms with Gasteiger partial charge < -0.3 is 10.1 Å². The van der Waals surface area contributed by atoms with Gasteiger partial charge in [-0.3, -0.25) is 14.9 Å². The summed E-state index contributed by atoms with van der Waals surface area (Å²) in [6.45, 7) is 0.239. The minimum atomic E-state index is -0.539. The van der Waals surface area contributed by atoms with Crippen LogP contribution in [0.1, 0.15) is 5.56 Å². The SMILES string of the molecule is O=C(COc1ccccc1[N+](=O)[O-])NCCc1ccccc1. The van der Waals surface area contributed by atoms with E-state index in [9.17, 15) is 14.9 Å². The largest absolute Gasteiger partial charge is 0.477 e. The van der Waals surface area contributed by atoms with Crippen LogP contribution in [0.3, 0.4) is 0 Å². The summed E-state index contributed by atoms with van der Waals surface area (Å²) in [6.07, 6.45) is 0.720. The molecule has 1 N–H and O–H groups in total. The standard InChI is InChI=1S/C16H16N2O4/c19-16(17-11-10-13-6-2-1-3-7-13)12-22-15-9-5-4-8-14(15)18(20)21/h1-9H,10-12H2,(H,17,19). The van der Waals surface area contributed by atoms with Crippen molar-refractivity contribution in [3.05, 3.63) is 70.3 Å². The predicted molar refractivity (Wildman–Crippen MR) is 81.7 cm³/mol. The molecule has 0 radical (unpaired) electrons. The van der Waals surface area contributed by atoms with Crippen LogP contribution < -0.4 is 10.1 Å². The molecule has 2 aromatic rings. The maximum Gasteiger partial charge on any atom is 0.310 e. The Hall–Kier alpha value is -2.89. The average Bonchev–Trinajstić information content (AvgIpc) is 2.54. The highest BCUT2D eigenvalue weighted by Gasteiger charge is 2.14. The second-order valence-electron chi connectivity index (χ2n) is 4.60. The lowest BCUT2D eigenvalue weighted by atomic mass is 10.1. The number of nitro groups is 1. The van der Waals surface area contributed by atoms with Crippen LogP contribution in [0.25, 0.3) is 0 Å². The third-order valence-corrected chi connectivity index (χ3v) is 3.00. The van der Waals surface area contributed by atoms with Gasteiger partial charge in [-0.1, -0.05) is 42.5 Å². The zero-order valence-electron chi connectivity index (χ0n) is 11.9. The fourth-order valence-electron chi connectivity index (χ4n) is 1.92. The molecule has 0 bridgehead atoms. The Kier molecular flexibility index (Phi) is 5.48. The second-order valence-corrected chi connectivity index (χ2v) is 4.60. The maximum absolute atomic E-state index is 11.7. The topological polar surface area (TPSA) is 81.5 Å². The smallest absolute Gasteiger partial charge is 0.310 e. The number of nitrogens with one attached hydrogen (secondary N) is 1. The molecule has 0 atom stereocenters. The number of ether oxygens (including phenoxy) is 1. The quantitative estimate of drug-likeness (QED) is 0.628. The van der Waals surface area contributed by atoms with Crippen molar-refractivity contribution in [1.82, 2.24) is 5.32 Å². The number of carbonyl (C=O) groups is 1. The highest BCUT2D eigenvalue weighted by atomic mass is 16.6. The van der Waals surface area contributed by atoms with E-state index in [-0.39, 0.29) is 24.0 Å². The molecule has 1 amide bonds. The van der Waals surface area contributed by atoms with E-state index >= 15 is 0 Å². The molecule has 6 heteroatoms. The molecule has 0 aliphatic rings. The zero-order valence-corrected chi connectivity index (χ0v) is 11.9. The number of benzene rings is 2. The first-order valence-corrected chi connectivity index (χ1v) is 6.83. The van der Waals surface area contributed by atoms with Crippen molar-refractivity contribution in [2.75, 3.05) is 13.2 Å². The van der Waals surface area contributed by atoms with E-state index in [4.69, 9.17) is 4.74 Å². The van der Waals surface area contributed by atoms with E-state index < -0.39 is 4.92 Å². The minimum absolute atomic E-state index is 0.0886. The summed E-state index contributed by atoms with van der Waals surface area (Å²) in [7, 11) is 0. The van der Waals surface area contributed by atoms with Crippen LogP contribution in [0.5, 0.6) is 5.75 Å². The van der Waals surface area contributed by atoms with Gasteiger partial charge in [0, 0.05) is 12.6 Å². The Labute approximate surface area is 127 Å². The van der Waals surface area contributed by atoms with Gasteiger partial charge in [0.05, 0.1) is 4.92 Å². The van der Waals surface area contributed by atoms with E-state index in [1.807, 2.05) is 30.3 Å². The fourth-order valence-corrected chi connectivity index (χ4v) is 1.92. The van der Waals surface area contributed by atoms with E-state index in [1.165, 1.54) is 12.1 Å². The highest BCUT2D eigenvalue weighted by Crippen LogP contribution is 2.25. The molecule has 0 unspecified atom stereocenters. The Bertz CT molecular complexity index is 644.